The number of nitrogens with one attached hydrogen (secondary N) is 1. The number of amides is 2. The number of rotatable bonds is 9. The van der Waals surface area contributed by atoms with E-state index in [0.29, 0.717) is 62.0 Å². The summed E-state index contributed by atoms with van der Waals surface area (Å²) in [6.45, 7) is 0.672. The van der Waals surface area contributed by atoms with Crippen LogP contribution in [0.25, 0.3) is 11.4 Å². The van der Waals surface area contributed by atoms with E-state index >= 15 is 0 Å². The minimum absolute atomic E-state index is 0.0428. The molecule has 0 aliphatic carbocycles. The maximum atomic E-state index is 14.1. The maximum Gasteiger partial charge on any atom is 0.387 e. The number of hydrogen-bond acceptors (Lipinski definition) is 10. The Bertz CT molecular complexity index is 1880. The Morgan fingerprint density at radius 2 is 1.89 bits per heavy atom. The molecule has 0 radical (unpaired) electrons. The smallest absolute Gasteiger partial charge is 0.387 e. The van der Waals surface area contributed by atoms with Crippen molar-refractivity contribution in [1.82, 2.24) is 29.0 Å². The molecule has 16 heteroatoms. The van der Waals surface area contributed by atoms with Gasteiger partial charge in [0.05, 0.1) is 18.9 Å². The van der Waals surface area contributed by atoms with Crippen molar-refractivity contribution in [2.75, 3.05) is 49.6 Å². The summed E-state index contributed by atoms with van der Waals surface area (Å²) in [7, 11) is 0. The summed E-state index contributed by atoms with van der Waals surface area (Å²) in [5, 5.41) is 17.4. The Hall–Kier alpha value is -5.38. The quantitative estimate of drug-likeness (QED) is 0.276. The highest BCUT2D eigenvalue weighted by molar-refractivity contribution is 5.95. The van der Waals surface area contributed by atoms with Crippen molar-refractivity contribution in [3.05, 3.63) is 76.2 Å². The average Bonchev–Trinajstić information content (AvgIpc) is 3.53. The SMILES string of the molecule is CCc1c(N2CCN(C(=O)c3ncccc3O)CC2)c(=O)n2nc(C3=CCOCC3)nc2n1CC(=O)Nc1ccc(OC(F)F)cc1. The molecule has 1 aromatic carbocycles. The van der Waals surface area contributed by atoms with E-state index in [-0.39, 0.29) is 42.6 Å². The third-order valence-electron chi connectivity index (χ3n) is 7.95. The van der Waals surface area contributed by atoms with Crippen LogP contribution in [0.5, 0.6) is 11.5 Å². The van der Waals surface area contributed by atoms with Gasteiger partial charge in [-0.25, -0.2) is 4.98 Å². The largest absolute Gasteiger partial charge is 0.505 e. The molecule has 0 bridgehead atoms. The van der Waals surface area contributed by atoms with E-state index in [0.717, 1.165) is 5.57 Å². The monoisotopic (exact) mass is 650 g/mol. The van der Waals surface area contributed by atoms with Crippen molar-refractivity contribution in [2.45, 2.75) is 32.9 Å². The fourth-order valence-corrected chi connectivity index (χ4v) is 5.70. The van der Waals surface area contributed by atoms with Crippen molar-refractivity contribution in [3.8, 4) is 11.5 Å². The molecule has 1 fully saturated rings. The van der Waals surface area contributed by atoms with Crippen LogP contribution in [0.1, 0.15) is 35.4 Å². The van der Waals surface area contributed by atoms with Crippen LogP contribution in [0.2, 0.25) is 0 Å². The van der Waals surface area contributed by atoms with Gasteiger partial charge in [-0.15, -0.1) is 5.10 Å². The Morgan fingerprint density at radius 3 is 2.55 bits per heavy atom. The van der Waals surface area contributed by atoms with E-state index in [9.17, 15) is 28.3 Å². The Labute approximate surface area is 266 Å². The van der Waals surface area contributed by atoms with E-state index in [4.69, 9.17) is 4.74 Å². The molecule has 5 heterocycles. The lowest BCUT2D eigenvalue weighted by molar-refractivity contribution is -0.116. The molecule has 14 nitrogen and oxygen atoms in total. The van der Waals surface area contributed by atoms with Crippen LogP contribution >= 0.6 is 0 Å². The molecule has 2 amide bonds. The molecule has 47 heavy (non-hydrogen) atoms. The van der Waals surface area contributed by atoms with Gasteiger partial charge in [0.25, 0.3) is 11.5 Å². The van der Waals surface area contributed by atoms with E-state index in [1.54, 1.807) is 9.47 Å². The molecule has 2 N–H and O–H groups in total. The highest BCUT2D eigenvalue weighted by Gasteiger charge is 2.30. The number of halogens is 2. The van der Waals surface area contributed by atoms with Crippen LogP contribution < -0.4 is 20.5 Å². The van der Waals surface area contributed by atoms with Crippen molar-refractivity contribution in [3.63, 3.8) is 0 Å². The van der Waals surface area contributed by atoms with E-state index in [2.05, 4.69) is 25.1 Å². The summed E-state index contributed by atoms with van der Waals surface area (Å²) in [4.78, 5) is 52.7. The van der Waals surface area contributed by atoms with Gasteiger partial charge in [0.15, 0.2) is 11.5 Å². The molecule has 1 saturated heterocycles. The first-order valence-corrected chi connectivity index (χ1v) is 15.1. The number of alkyl halides is 2. The van der Waals surface area contributed by atoms with Crippen molar-refractivity contribution >= 4 is 34.5 Å². The van der Waals surface area contributed by atoms with Crippen LogP contribution in [-0.2, 0) is 22.5 Å². The highest BCUT2D eigenvalue weighted by atomic mass is 19.3. The Kier molecular flexibility index (Phi) is 9.10. The molecule has 3 aromatic heterocycles. The fourth-order valence-electron chi connectivity index (χ4n) is 5.70. The van der Waals surface area contributed by atoms with Gasteiger partial charge < -0.3 is 34.3 Å². The standard InChI is InChI=1S/C31H32F2N8O6/c1-2-22-26(38-12-14-39(15-13-38)28(44)25-23(42)4-3-11-34-25)29(45)41-31(36-27(37-41)19-9-16-46-17-10-19)40(22)18-24(43)35-20-5-7-21(8-6-20)47-30(32)33/h3-9,11,30,42H,2,10,12-18H2,1H3,(H,35,43). The van der Waals surface area contributed by atoms with E-state index < -0.39 is 24.0 Å². The number of ether oxygens (including phenoxy) is 2. The first-order chi connectivity index (χ1) is 22.7. The molecule has 0 spiro atoms. The zero-order valence-corrected chi connectivity index (χ0v) is 25.4. The van der Waals surface area contributed by atoms with Crippen molar-refractivity contribution in [2.24, 2.45) is 0 Å². The summed E-state index contributed by atoms with van der Waals surface area (Å²) >= 11 is 0. The number of anilines is 2. The first kappa shape index (κ1) is 31.6. The molecule has 2 aliphatic rings. The third kappa shape index (κ3) is 6.63. The highest BCUT2D eigenvalue weighted by Crippen LogP contribution is 2.25. The van der Waals surface area contributed by atoms with Gasteiger partial charge in [0.2, 0.25) is 11.7 Å². The predicted octanol–water partition coefficient (Wildman–Crippen LogP) is 2.56. The summed E-state index contributed by atoms with van der Waals surface area (Å²) in [5.74, 6) is -0.567. The fraction of sp³-hybridized carbons (Fsp3) is 0.355. The van der Waals surface area contributed by atoms with Crippen molar-refractivity contribution < 1.29 is 33.0 Å². The molecule has 6 rings (SSSR count). The minimum atomic E-state index is -2.97. The number of pyridine rings is 1. The van der Waals surface area contributed by atoms with Gasteiger partial charge in [0, 0.05) is 38.1 Å². The van der Waals surface area contributed by atoms with Crippen LogP contribution in [0.4, 0.5) is 20.2 Å². The Morgan fingerprint density at radius 1 is 1.13 bits per heavy atom. The van der Waals surface area contributed by atoms with Gasteiger partial charge in [0.1, 0.15) is 23.7 Å². The summed E-state index contributed by atoms with van der Waals surface area (Å²) in [6.07, 6.45) is 4.22. The topological polar surface area (TPSA) is 156 Å². The van der Waals surface area contributed by atoms with Crippen molar-refractivity contribution in [1.29, 1.82) is 0 Å². The van der Waals surface area contributed by atoms with E-state index in [1.165, 1.54) is 47.1 Å². The second kappa shape index (κ2) is 13.5. The molecule has 2 aliphatic heterocycles. The molecule has 246 valence electrons. The third-order valence-corrected chi connectivity index (χ3v) is 7.95. The number of piperazine rings is 1. The van der Waals surface area contributed by atoms with Gasteiger partial charge in [-0.2, -0.15) is 18.3 Å². The zero-order valence-electron chi connectivity index (χ0n) is 25.4. The molecular formula is C31H32F2N8O6. The number of carbonyl (C=O) groups is 2. The zero-order chi connectivity index (χ0) is 33.1. The van der Waals surface area contributed by atoms with Gasteiger partial charge in [-0.3, -0.25) is 14.4 Å². The van der Waals surface area contributed by atoms with Gasteiger partial charge in [-0.1, -0.05) is 13.0 Å². The summed E-state index contributed by atoms with van der Waals surface area (Å²) in [5.41, 5.74) is 1.63. The number of carbonyl (C=O) groups excluding carboxylic acids is 2. The number of fused-ring (bicyclic) bond motifs is 1. The summed E-state index contributed by atoms with van der Waals surface area (Å²) in [6, 6.07) is 8.47. The van der Waals surface area contributed by atoms with Crippen LogP contribution in [-0.4, -0.2) is 92.0 Å². The second-order valence-electron chi connectivity index (χ2n) is 10.8. The van der Waals surface area contributed by atoms with Crippen LogP contribution in [0, 0.1) is 0 Å². The number of aromatic hydroxyl groups is 1. The lowest BCUT2D eigenvalue weighted by atomic mass is 10.1. The minimum Gasteiger partial charge on any atom is -0.505 e. The number of hydrogen-bond donors (Lipinski definition) is 2. The van der Waals surface area contributed by atoms with Crippen LogP contribution in [0.15, 0.2) is 53.5 Å². The number of aromatic nitrogens is 5. The van der Waals surface area contributed by atoms with Gasteiger partial charge >= 0.3 is 6.61 Å². The average molecular weight is 651 g/mol. The lowest BCUT2D eigenvalue weighted by Gasteiger charge is -2.36. The predicted molar refractivity (Wildman–Crippen MR) is 166 cm³/mol. The molecule has 0 unspecified atom stereocenters. The Balaban J connectivity index is 1.32. The molecule has 4 aromatic rings. The first-order valence-electron chi connectivity index (χ1n) is 15.1. The molecule has 0 saturated carbocycles. The second-order valence-corrected chi connectivity index (χ2v) is 10.8. The molecule has 0 atom stereocenters. The molecular weight excluding hydrogens is 618 g/mol. The van der Waals surface area contributed by atoms with Crippen LogP contribution in [0.3, 0.4) is 0 Å². The van der Waals surface area contributed by atoms with Gasteiger partial charge in [-0.05, 0) is 54.8 Å². The number of nitrogens with zero attached hydrogens (tertiary/aromatic N) is 7. The van der Waals surface area contributed by atoms with E-state index in [1.807, 2.05) is 17.9 Å². The summed E-state index contributed by atoms with van der Waals surface area (Å²) < 4.78 is 37.8. The maximum absolute atomic E-state index is 14.1. The normalized spacial score (nSPS) is 15.2. The lowest BCUT2D eigenvalue weighted by Crippen LogP contribution is -2.51. The number of benzene rings is 1.